The van der Waals surface area contributed by atoms with Crippen LogP contribution in [0.1, 0.15) is 54.5 Å². The summed E-state index contributed by atoms with van der Waals surface area (Å²) in [4.78, 5) is 13.5. The van der Waals surface area contributed by atoms with Crippen LogP contribution in [0.4, 0.5) is 4.39 Å². The normalized spacial score (nSPS) is 12.8. The van der Waals surface area contributed by atoms with Gasteiger partial charge in [0.2, 0.25) is 5.82 Å². The maximum Gasteiger partial charge on any atom is 0.232 e. The van der Waals surface area contributed by atoms with Crippen LogP contribution in [-0.4, -0.2) is 20.1 Å². The number of fused-ring (bicyclic) bond motifs is 3. The van der Waals surface area contributed by atoms with Crippen LogP contribution >= 0.6 is 0 Å². The van der Waals surface area contributed by atoms with Gasteiger partial charge in [-0.1, -0.05) is 26.0 Å². The highest BCUT2D eigenvalue weighted by molar-refractivity contribution is 5.80. The zero-order chi connectivity index (χ0) is 20.5. The van der Waals surface area contributed by atoms with Crippen molar-refractivity contribution in [1.82, 2.24) is 15.0 Å². The molecule has 3 aromatic rings. The third kappa shape index (κ3) is 3.39. The maximum absolute atomic E-state index is 13.6. The third-order valence-corrected chi connectivity index (χ3v) is 5.33. The van der Waals surface area contributed by atoms with Gasteiger partial charge in [-0.25, -0.2) is 14.4 Å². The van der Waals surface area contributed by atoms with Crippen LogP contribution in [0.5, 0.6) is 0 Å². The standard InChI is InChI=1S/C23H21FN4O/c1-13(2)22-18(12-29)21(14-6-8-15(24)9-7-14)16-4-3-5-19-17(23(16)28-22)11-26-20(10-25)27-19/h6-9,11,13,29H,3-5,12H2,1-2H3. The summed E-state index contributed by atoms with van der Waals surface area (Å²) in [6, 6.07) is 8.36. The molecule has 146 valence electrons. The van der Waals surface area contributed by atoms with Crippen LogP contribution in [0.25, 0.3) is 22.4 Å². The first-order valence-corrected chi connectivity index (χ1v) is 9.72. The summed E-state index contributed by atoms with van der Waals surface area (Å²) in [5.74, 6) is -0.0547. The second-order valence-electron chi connectivity index (χ2n) is 7.52. The minimum atomic E-state index is -0.300. The molecular weight excluding hydrogens is 367 g/mol. The Labute approximate surface area is 168 Å². The number of nitriles is 1. The molecule has 1 N–H and O–H groups in total. The van der Waals surface area contributed by atoms with E-state index >= 15 is 0 Å². The van der Waals surface area contributed by atoms with Gasteiger partial charge in [-0.15, -0.1) is 0 Å². The Hall–Kier alpha value is -3.17. The number of nitrogens with zero attached hydrogens (tertiary/aromatic N) is 4. The van der Waals surface area contributed by atoms with E-state index in [0.29, 0.717) is 0 Å². The number of aromatic nitrogens is 3. The molecule has 6 heteroatoms. The summed E-state index contributed by atoms with van der Waals surface area (Å²) >= 11 is 0. The molecule has 0 aliphatic heterocycles. The number of hydrogen-bond donors (Lipinski definition) is 1. The van der Waals surface area contributed by atoms with E-state index in [0.717, 1.165) is 64.2 Å². The van der Waals surface area contributed by atoms with Crippen LogP contribution in [-0.2, 0) is 19.4 Å². The van der Waals surface area contributed by atoms with Gasteiger partial charge in [-0.3, -0.25) is 4.98 Å². The van der Waals surface area contributed by atoms with Crippen LogP contribution in [0.3, 0.4) is 0 Å². The second-order valence-corrected chi connectivity index (χ2v) is 7.52. The van der Waals surface area contributed by atoms with Crippen molar-refractivity contribution in [3.05, 3.63) is 64.6 Å². The van der Waals surface area contributed by atoms with Crippen molar-refractivity contribution in [3.63, 3.8) is 0 Å². The Morgan fingerprint density at radius 1 is 1.17 bits per heavy atom. The molecule has 0 amide bonds. The summed E-state index contributed by atoms with van der Waals surface area (Å²) in [6.07, 6.45) is 3.98. The summed E-state index contributed by atoms with van der Waals surface area (Å²) in [5.41, 5.74) is 6.81. The number of rotatable bonds is 3. The highest BCUT2D eigenvalue weighted by atomic mass is 19.1. The maximum atomic E-state index is 13.6. The van der Waals surface area contributed by atoms with Gasteiger partial charge in [0.1, 0.15) is 11.9 Å². The molecular formula is C23H21FN4O. The first-order valence-electron chi connectivity index (χ1n) is 9.72. The van der Waals surface area contributed by atoms with Crippen molar-refractivity contribution in [2.45, 2.75) is 45.6 Å². The number of benzene rings is 1. The van der Waals surface area contributed by atoms with Crippen molar-refractivity contribution >= 4 is 0 Å². The van der Waals surface area contributed by atoms with Gasteiger partial charge in [-0.2, -0.15) is 5.26 Å². The molecule has 2 aromatic heterocycles. The predicted molar refractivity (Wildman–Crippen MR) is 107 cm³/mol. The molecule has 2 heterocycles. The fourth-order valence-corrected chi connectivity index (χ4v) is 4.04. The van der Waals surface area contributed by atoms with Crippen LogP contribution in [0.2, 0.25) is 0 Å². The van der Waals surface area contributed by atoms with Gasteiger partial charge in [0, 0.05) is 23.0 Å². The monoisotopic (exact) mass is 388 g/mol. The quantitative estimate of drug-likeness (QED) is 0.722. The minimum absolute atomic E-state index is 0.0904. The molecule has 5 nitrogen and oxygen atoms in total. The lowest BCUT2D eigenvalue weighted by atomic mass is 9.87. The lowest BCUT2D eigenvalue weighted by Gasteiger charge is -2.22. The first kappa shape index (κ1) is 19.2. The molecule has 1 aliphatic rings. The molecule has 0 saturated heterocycles. The van der Waals surface area contributed by atoms with E-state index in [-0.39, 0.29) is 24.2 Å². The molecule has 0 fully saturated rings. The summed E-state index contributed by atoms with van der Waals surface area (Å²) < 4.78 is 13.6. The molecule has 29 heavy (non-hydrogen) atoms. The number of halogens is 1. The lowest BCUT2D eigenvalue weighted by molar-refractivity contribution is 0.280. The molecule has 0 bridgehead atoms. The van der Waals surface area contributed by atoms with Crippen molar-refractivity contribution < 1.29 is 9.50 Å². The van der Waals surface area contributed by atoms with Crippen LogP contribution in [0.15, 0.2) is 30.5 Å². The van der Waals surface area contributed by atoms with Crippen LogP contribution in [0, 0.1) is 17.1 Å². The van der Waals surface area contributed by atoms with E-state index in [1.54, 1.807) is 18.3 Å². The van der Waals surface area contributed by atoms with Gasteiger partial charge < -0.3 is 5.11 Å². The van der Waals surface area contributed by atoms with Crippen molar-refractivity contribution in [1.29, 1.82) is 5.26 Å². The molecule has 0 spiro atoms. The predicted octanol–water partition coefficient (Wildman–Crippen LogP) is 4.32. The van der Waals surface area contributed by atoms with E-state index in [2.05, 4.69) is 9.97 Å². The average Bonchev–Trinajstić information content (AvgIpc) is 2.91. The van der Waals surface area contributed by atoms with Gasteiger partial charge in [0.15, 0.2) is 0 Å². The van der Waals surface area contributed by atoms with Gasteiger partial charge >= 0.3 is 0 Å². The number of aliphatic hydroxyl groups excluding tert-OH is 1. The number of hydrogen-bond acceptors (Lipinski definition) is 5. The highest BCUT2D eigenvalue weighted by Crippen LogP contribution is 2.40. The Morgan fingerprint density at radius 3 is 2.59 bits per heavy atom. The zero-order valence-electron chi connectivity index (χ0n) is 16.4. The Balaban J connectivity index is 2.07. The third-order valence-electron chi connectivity index (χ3n) is 5.33. The lowest BCUT2D eigenvalue weighted by Crippen LogP contribution is -2.09. The Morgan fingerprint density at radius 2 is 1.93 bits per heavy atom. The number of pyridine rings is 1. The van der Waals surface area contributed by atoms with E-state index in [1.165, 1.54) is 12.1 Å². The Bertz CT molecular complexity index is 1120. The van der Waals surface area contributed by atoms with E-state index < -0.39 is 0 Å². The van der Waals surface area contributed by atoms with Crippen molar-refractivity contribution in [2.24, 2.45) is 0 Å². The van der Waals surface area contributed by atoms with E-state index in [4.69, 9.17) is 10.2 Å². The van der Waals surface area contributed by atoms with Gasteiger partial charge in [-0.05, 0) is 54.0 Å². The topological polar surface area (TPSA) is 82.7 Å². The van der Waals surface area contributed by atoms with E-state index in [9.17, 15) is 9.50 Å². The molecule has 0 unspecified atom stereocenters. The molecule has 0 atom stereocenters. The number of aryl methyl sites for hydroxylation is 1. The number of aliphatic hydroxyl groups is 1. The van der Waals surface area contributed by atoms with Crippen molar-refractivity contribution in [3.8, 4) is 28.5 Å². The molecule has 1 aliphatic carbocycles. The van der Waals surface area contributed by atoms with Gasteiger partial charge in [0.05, 0.1) is 18.0 Å². The second kappa shape index (κ2) is 7.69. The smallest absolute Gasteiger partial charge is 0.232 e. The van der Waals surface area contributed by atoms with Crippen LogP contribution < -0.4 is 0 Å². The molecule has 1 aromatic carbocycles. The minimum Gasteiger partial charge on any atom is -0.392 e. The largest absolute Gasteiger partial charge is 0.392 e. The highest BCUT2D eigenvalue weighted by Gasteiger charge is 2.26. The SMILES string of the molecule is CC(C)c1nc2c(c(-c3ccc(F)cc3)c1CO)CCCc1nc(C#N)ncc1-2. The summed E-state index contributed by atoms with van der Waals surface area (Å²) in [5, 5.41) is 19.4. The van der Waals surface area contributed by atoms with E-state index in [1.807, 2.05) is 19.9 Å². The fraction of sp³-hybridized carbons (Fsp3) is 0.304. The first-order chi connectivity index (χ1) is 14.0. The molecule has 4 rings (SSSR count). The summed E-state index contributed by atoms with van der Waals surface area (Å²) in [7, 11) is 0. The fourth-order valence-electron chi connectivity index (χ4n) is 4.04. The Kier molecular flexibility index (Phi) is 5.08. The molecule has 0 saturated carbocycles. The zero-order valence-corrected chi connectivity index (χ0v) is 16.4. The van der Waals surface area contributed by atoms with Crippen molar-refractivity contribution in [2.75, 3.05) is 0 Å². The van der Waals surface area contributed by atoms with Gasteiger partial charge in [0.25, 0.3) is 0 Å². The average molecular weight is 388 g/mol. The molecule has 0 radical (unpaired) electrons. The summed E-state index contributed by atoms with van der Waals surface area (Å²) in [6.45, 7) is 3.93.